The normalized spacial score (nSPS) is 14.2. The third-order valence-electron chi connectivity index (χ3n) is 5.83. The first-order valence-corrected chi connectivity index (χ1v) is 11.7. The minimum Gasteiger partial charge on any atom is -0.462 e. The molecule has 0 radical (unpaired) electrons. The molecule has 0 unspecified atom stereocenters. The van der Waals surface area contributed by atoms with Crippen molar-refractivity contribution in [3.63, 3.8) is 0 Å². The largest absolute Gasteiger partial charge is 0.462 e. The maximum absolute atomic E-state index is 13.0. The summed E-state index contributed by atoms with van der Waals surface area (Å²) in [7, 11) is 0. The molecule has 0 spiro atoms. The van der Waals surface area contributed by atoms with Crippen LogP contribution < -0.4 is 0 Å². The van der Waals surface area contributed by atoms with Gasteiger partial charge in [0.25, 0.3) is 0 Å². The Bertz CT molecular complexity index is 1400. The van der Waals surface area contributed by atoms with Crippen LogP contribution in [0.15, 0.2) is 24.5 Å². The number of ether oxygens (including phenoxy) is 1. The lowest BCUT2D eigenvalue weighted by molar-refractivity contribution is -0.142. The molecule has 11 heteroatoms. The Morgan fingerprint density at radius 3 is 2.74 bits per heavy atom. The summed E-state index contributed by atoms with van der Waals surface area (Å²) in [6.45, 7) is 4.23. The van der Waals surface area contributed by atoms with E-state index in [9.17, 15) is 18.0 Å². The molecule has 4 aromatic rings. The highest BCUT2D eigenvalue weighted by atomic mass is 32.1. The summed E-state index contributed by atoms with van der Waals surface area (Å²) in [6.07, 6.45) is 1.05. The Balaban J connectivity index is 1.58. The number of rotatable bonds is 6. The molecule has 0 aliphatic heterocycles. The van der Waals surface area contributed by atoms with E-state index in [4.69, 9.17) is 9.72 Å². The SMILES string of the molecule is CCOC(=O)c1sc(-c2ccn3ncc(-c4c(C)nn(CC(F)(F)F)c4C)c3c2)nc1C1CC1. The van der Waals surface area contributed by atoms with E-state index in [0.717, 1.165) is 34.3 Å². The third-order valence-corrected chi connectivity index (χ3v) is 6.93. The number of carbonyl (C=O) groups excluding carboxylic acids is 1. The molecule has 5 rings (SSSR count). The first-order chi connectivity index (χ1) is 16.2. The van der Waals surface area contributed by atoms with Crippen molar-refractivity contribution < 1.29 is 22.7 Å². The van der Waals surface area contributed by atoms with Gasteiger partial charge in [-0.2, -0.15) is 23.4 Å². The Morgan fingerprint density at radius 2 is 2.06 bits per heavy atom. The predicted octanol–water partition coefficient (Wildman–Crippen LogP) is 5.55. The molecule has 1 aliphatic rings. The number of fused-ring (bicyclic) bond motifs is 1. The molecule has 7 nitrogen and oxygen atoms in total. The van der Waals surface area contributed by atoms with Gasteiger partial charge in [0.05, 0.1) is 29.7 Å². The molecule has 34 heavy (non-hydrogen) atoms. The summed E-state index contributed by atoms with van der Waals surface area (Å²) in [5, 5.41) is 9.19. The number of halogens is 3. The fourth-order valence-electron chi connectivity index (χ4n) is 4.15. The van der Waals surface area contributed by atoms with Crippen molar-refractivity contribution in [1.29, 1.82) is 0 Å². The minimum absolute atomic E-state index is 0.281. The van der Waals surface area contributed by atoms with E-state index in [-0.39, 0.29) is 11.9 Å². The average molecular weight is 490 g/mol. The lowest BCUT2D eigenvalue weighted by atomic mass is 10.0. The zero-order valence-electron chi connectivity index (χ0n) is 18.8. The van der Waals surface area contributed by atoms with Crippen LogP contribution >= 0.6 is 11.3 Å². The van der Waals surface area contributed by atoms with Crippen molar-refractivity contribution in [2.45, 2.75) is 52.3 Å². The molecule has 1 fully saturated rings. The van der Waals surface area contributed by atoms with Crippen molar-refractivity contribution in [3.8, 4) is 21.7 Å². The fourth-order valence-corrected chi connectivity index (χ4v) is 5.19. The van der Waals surface area contributed by atoms with E-state index >= 15 is 0 Å². The lowest BCUT2D eigenvalue weighted by Gasteiger charge is -2.08. The number of hydrogen-bond acceptors (Lipinski definition) is 6. The molecule has 0 N–H and O–H groups in total. The van der Waals surface area contributed by atoms with Gasteiger partial charge in [0.2, 0.25) is 0 Å². The Hall–Kier alpha value is -3.21. The number of aryl methyl sites for hydroxylation is 1. The van der Waals surface area contributed by atoms with Crippen LogP contribution in [0, 0.1) is 13.8 Å². The van der Waals surface area contributed by atoms with E-state index in [0.29, 0.717) is 39.0 Å². The van der Waals surface area contributed by atoms with Crippen LogP contribution in [0.25, 0.3) is 27.2 Å². The molecule has 178 valence electrons. The number of esters is 1. The fraction of sp³-hybridized carbons (Fsp3) is 0.391. The van der Waals surface area contributed by atoms with Gasteiger partial charge in [-0.25, -0.2) is 14.3 Å². The number of carbonyl (C=O) groups is 1. The molecule has 0 atom stereocenters. The monoisotopic (exact) mass is 489 g/mol. The highest BCUT2D eigenvalue weighted by molar-refractivity contribution is 7.17. The van der Waals surface area contributed by atoms with E-state index in [1.807, 2.05) is 12.1 Å². The molecular weight excluding hydrogens is 467 g/mol. The topological polar surface area (TPSA) is 74.3 Å². The smallest absolute Gasteiger partial charge is 0.408 e. The quantitative estimate of drug-likeness (QED) is 0.332. The lowest BCUT2D eigenvalue weighted by Crippen LogP contribution is -2.19. The van der Waals surface area contributed by atoms with Crippen LogP contribution in [0.5, 0.6) is 0 Å². The van der Waals surface area contributed by atoms with Gasteiger partial charge < -0.3 is 4.74 Å². The summed E-state index contributed by atoms with van der Waals surface area (Å²) >= 11 is 1.30. The van der Waals surface area contributed by atoms with Crippen molar-refractivity contribution in [3.05, 3.63) is 46.5 Å². The van der Waals surface area contributed by atoms with E-state index in [1.165, 1.54) is 11.3 Å². The second-order valence-electron chi connectivity index (χ2n) is 8.35. The summed E-state index contributed by atoms with van der Waals surface area (Å²) in [5.41, 5.74) is 4.54. The summed E-state index contributed by atoms with van der Waals surface area (Å²) in [5.74, 6) is -0.0777. The van der Waals surface area contributed by atoms with Crippen LogP contribution in [0.2, 0.25) is 0 Å². The van der Waals surface area contributed by atoms with E-state index < -0.39 is 12.7 Å². The maximum Gasteiger partial charge on any atom is 0.408 e. The van der Waals surface area contributed by atoms with Gasteiger partial charge >= 0.3 is 12.1 Å². The van der Waals surface area contributed by atoms with Crippen LogP contribution in [0.3, 0.4) is 0 Å². The van der Waals surface area contributed by atoms with Crippen LogP contribution in [-0.4, -0.2) is 43.1 Å². The number of nitrogens with zero attached hydrogens (tertiary/aromatic N) is 5. The maximum atomic E-state index is 13.0. The van der Waals surface area contributed by atoms with Crippen molar-refractivity contribution in [2.75, 3.05) is 6.61 Å². The number of aromatic nitrogens is 5. The predicted molar refractivity (Wildman–Crippen MR) is 121 cm³/mol. The standard InChI is InChI=1S/C23H22F3N5O2S/c1-4-33-22(32)20-19(14-5-6-14)28-21(34-20)15-7-8-30-17(9-15)16(10-27-30)18-12(2)29-31(13(18)3)11-23(24,25)26/h7-10,14H,4-6,11H2,1-3H3. The van der Waals surface area contributed by atoms with Gasteiger partial charge in [-0.05, 0) is 45.7 Å². The average Bonchev–Trinajstić information content (AvgIpc) is 3.28. The summed E-state index contributed by atoms with van der Waals surface area (Å²) < 4.78 is 46.8. The molecule has 0 bridgehead atoms. The van der Waals surface area contributed by atoms with Crippen LogP contribution in [0.4, 0.5) is 13.2 Å². The second kappa shape index (κ2) is 8.23. The molecule has 0 amide bonds. The van der Waals surface area contributed by atoms with Gasteiger partial charge in [-0.1, -0.05) is 0 Å². The minimum atomic E-state index is -4.37. The Labute approximate surface area is 197 Å². The molecule has 0 saturated heterocycles. The highest BCUT2D eigenvalue weighted by Gasteiger charge is 2.33. The molecule has 1 aliphatic carbocycles. The zero-order chi connectivity index (χ0) is 24.2. The highest BCUT2D eigenvalue weighted by Crippen LogP contribution is 2.44. The number of pyridine rings is 1. The molecule has 4 aromatic heterocycles. The van der Waals surface area contributed by atoms with E-state index in [2.05, 4.69) is 10.2 Å². The van der Waals surface area contributed by atoms with Gasteiger partial charge in [-0.15, -0.1) is 11.3 Å². The van der Waals surface area contributed by atoms with Gasteiger partial charge in [0.15, 0.2) is 0 Å². The zero-order valence-corrected chi connectivity index (χ0v) is 19.6. The molecule has 1 saturated carbocycles. The van der Waals surface area contributed by atoms with Crippen LogP contribution in [-0.2, 0) is 11.3 Å². The summed E-state index contributed by atoms with van der Waals surface area (Å²) in [6, 6.07) is 3.76. The van der Waals surface area contributed by atoms with Crippen molar-refractivity contribution >= 4 is 22.8 Å². The number of thiazole rings is 1. The molecule has 4 heterocycles. The number of alkyl halides is 3. The van der Waals surface area contributed by atoms with Crippen molar-refractivity contribution in [2.24, 2.45) is 0 Å². The van der Waals surface area contributed by atoms with Gasteiger partial charge in [0.1, 0.15) is 16.4 Å². The molecule has 0 aromatic carbocycles. The van der Waals surface area contributed by atoms with Gasteiger partial charge in [-0.3, -0.25) is 4.68 Å². The van der Waals surface area contributed by atoms with Gasteiger partial charge in [0, 0.05) is 34.5 Å². The Kier molecular flexibility index (Phi) is 5.46. The summed E-state index contributed by atoms with van der Waals surface area (Å²) in [4.78, 5) is 17.8. The number of hydrogen-bond donors (Lipinski definition) is 0. The third kappa shape index (κ3) is 4.08. The van der Waals surface area contributed by atoms with Crippen LogP contribution in [0.1, 0.15) is 52.4 Å². The second-order valence-corrected chi connectivity index (χ2v) is 9.35. The van der Waals surface area contributed by atoms with Crippen molar-refractivity contribution in [1.82, 2.24) is 24.4 Å². The molecular formula is C23H22F3N5O2S. The van der Waals surface area contributed by atoms with E-state index in [1.54, 1.807) is 37.7 Å². The first kappa shape index (κ1) is 22.6. The Morgan fingerprint density at radius 1 is 1.29 bits per heavy atom. The first-order valence-electron chi connectivity index (χ1n) is 10.9.